The summed E-state index contributed by atoms with van der Waals surface area (Å²) in [5.74, 6) is 2.07. The Labute approximate surface area is 196 Å². The summed E-state index contributed by atoms with van der Waals surface area (Å²) >= 11 is 0. The van der Waals surface area contributed by atoms with Crippen LogP contribution in [0.3, 0.4) is 0 Å². The van der Waals surface area contributed by atoms with Crippen LogP contribution in [-0.2, 0) is 19.6 Å². The van der Waals surface area contributed by atoms with E-state index in [1.165, 1.54) is 26.2 Å². The molecule has 0 radical (unpaired) electrons. The van der Waals surface area contributed by atoms with E-state index in [0.29, 0.717) is 36.5 Å². The Balaban J connectivity index is 1.27. The predicted molar refractivity (Wildman–Crippen MR) is 126 cm³/mol. The van der Waals surface area contributed by atoms with Crippen LogP contribution in [0.1, 0.15) is 64.7 Å². The molecule has 2 N–H and O–H groups in total. The van der Waals surface area contributed by atoms with Crippen LogP contribution in [0.5, 0.6) is 0 Å². The van der Waals surface area contributed by atoms with Gasteiger partial charge in [0.25, 0.3) is 0 Å². The molecule has 1 aromatic carbocycles. The Morgan fingerprint density at radius 1 is 1.00 bits per heavy atom. The van der Waals surface area contributed by atoms with E-state index in [0.717, 1.165) is 38.5 Å². The summed E-state index contributed by atoms with van der Waals surface area (Å²) in [6, 6.07) is 6.08. The summed E-state index contributed by atoms with van der Waals surface area (Å²) in [4.78, 5) is 24.8. The molecule has 0 spiro atoms. The molecule has 8 heteroatoms. The summed E-state index contributed by atoms with van der Waals surface area (Å²) in [6.45, 7) is 2.26. The van der Waals surface area contributed by atoms with Crippen molar-refractivity contribution in [2.75, 3.05) is 18.4 Å². The van der Waals surface area contributed by atoms with E-state index in [1.807, 2.05) is 0 Å². The van der Waals surface area contributed by atoms with Gasteiger partial charge < -0.3 is 10.6 Å². The lowest BCUT2D eigenvalue weighted by Gasteiger charge is -2.55. The third-order valence-corrected chi connectivity index (χ3v) is 10.3. The third kappa shape index (κ3) is 4.44. The lowest BCUT2D eigenvalue weighted by molar-refractivity contribution is -0.146. The van der Waals surface area contributed by atoms with Crippen molar-refractivity contribution in [1.29, 1.82) is 0 Å². The van der Waals surface area contributed by atoms with Gasteiger partial charge in [0, 0.05) is 37.2 Å². The third-order valence-electron chi connectivity index (χ3n) is 8.37. The minimum Gasteiger partial charge on any atom is -0.354 e. The van der Waals surface area contributed by atoms with Crippen molar-refractivity contribution in [2.45, 2.75) is 75.6 Å². The fourth-order valence-corrected chi connectivity index (χ4v) is 9.02. The van der Waals surface area contributed by atoms with E-state index in [4.69, 9.17) is 0 Å². The average molecular weight is 474 g/mol. The largest absolute Gasteiger partial charge is 0.354 e. The number of hydrogen-bond acceptors (Lipinski definition) is 4. The zero-order valence-corrected chi connectivity index (χ0v) is 20.2. The van der Waals surface area contributed by atoms with Crippen molar-refractivity contribution < 1.29 is 18.0 Å². The highest BCUT2D eigenvalue weighted by atomic mass is 32.2. The lowest BCUT2D eigenvalue weighted by atomic mass is 9.49. The normalized spacial score (nSPS) is 33.6. The van der Waals surface area contributed by atoms with E-state index in [1.54, 1.807) is 28.6 Å². The van der Waals surface area contributed by atoms with E-state index >= 15 is 0 Å². The Kier molecular flexibility index (Phi) is 6.02. The van der Waals surface area contributed by atoms with Crippen LogP contribution in [0.25, 0.3) is 0 Å². The Morgan fingerprint density at radius 3 is 2.18 bits per heavy atom. The first-order chi connectivity index (χ1) is 15.7. The van der Waals surface area contributed by atoms with Gasteiger partial charge >= 0.3 is 0 Å². The molecule has 6 rings (SSSR count). The minimum absolute atomic E-state index is 0.157. The molecule has 4 saturated carbocycles. The fourth-order valence-electron chi connectivity index (χ4n) is 7.33. The molecule has 1 heterocycles. The molecule has 0 aromatic heterocycles. The van der Waals surface area contributed by atoms with Crippen LogP contribution < -0.4 is 10.6 Å². The van der Waals surface area contributed by atoms with Gasteiger partial charge in [0.1, 0.15) is 0 Å². The van der Waals surface area contributed by atoms with Crippen molar-refractivity contribution in [3.8, 4) is 0 Å². The maximum atomic E-state index is 13.4. The standard InChI is InChI=1S/C25H35N3O4S/c1-17(29)27-21-5-7-23(8-6-21)33(31,32)28-9-3-2-4-22(28)16-26-24(30)25-13-18-10-19(14-25)12-20(11-18)15-25/h5-8,18-20,22H,2-4,9-16H2,1H3,(H,26,30)(H,27,29). The first-order valence-corrected chi connectivity index (χ1v) is 13.9. The number of piperidine rings is 1. The van der Waals surface area contributed by atoms with Gasteiger partial charge in [0.2, 0.25) is 21.8 Å². The molecule has 1 aromatic rings. The molecular formula is C25H35N3O4S. The van der Waals surface area contributed by atoms with E-state index in [9.17, 15) is 18.0 Å². The van der Waals surface area contributed by atoms with Gasteiger partial charge in [-0.1, -0.05) is 6.42 Å². The van der Waals surface area contributed by atoms with Gasteiger partial charge in [-0.25, -0.2) is 8.42 Å². The van der Waals surface area contributed by atoms with Crippen molar-refractivity contribution in [3.05, 3.63) is 24.3 Å². The average Bonchev–Trinajstić information content (AvgIpc) is 2.76. The van der Waals surface area contributed by atoms with Crippen LogP contribution in [0.15, 0.2) is 29.2 Å². The van der Waals surface area contributed by atoms with E-state index in [-0.39, 0.29) is 28.2 Å². The minimum atomic E-state index is -3.68. The van der Waals surface area contributed by atoms with Gasteiger partial charge in [-0.3, -0.25) is 9.59 Å². The molecule has 7 nitrogen and oxygen atoms in total. The van der Waals surface area contributed by atoms with Crippen LogP contribution in [0, 0.1) is 23.2 Å². The number of benzene rings is 1. The topological polar surface area (TPSA) is 95.6 Å². The van der Waals surface area contributed by atoms with Gasteiger partial charge in [-0.2, -0.15) is 4.31 Å². The lowest BCUT2D eigenvalue weighted by Crippen LogP contribution is -2.56. The summed E-state index contributed by atoms with van der Waals surface area (Å²) in [6.07, 6.45) is 9.46. The second-order valence-corrected chi connectivity index (χ2v) is 12.8. The number of rotatable bonds is 6. The summed E-state index contributed by atoms with van der Waals surface area (Å²) in [5.41, 5.74) is 0.353. The second kappa shape index (κ2) is 8.69. The second-order valence-electron chi connectivity index (χ2n) is 10.9. The quantitative estimate of drug-likeness (QED) is 0.661. The van der Waals surface area contributed by atoms with E-state index < -0.39 is 10.0 Å². The molecule has 1 aliphatic heterocycles. The smallest absolute Gasteiger partial charge is 0.243 e. The first-order valence-electron chi connectivity index (χ1n) is 12.4. The summed E-state index contributed by atoms with van der Waals surface area (Å²) in [5, 5.41) is 5.86. The summed E-state index contributed by atoms with van der Waals surface area (Å²) in [7, 11) is -3.68. The summed E-state index contributed by atoms with van der Waals surface area (Å²) < 4.78 is 28.4. The first kappa shape index (κ1) is 22.8. The maximum absolute atomic E-state index is 13.4. The maximum Gasteiger partial charge on any atom is 0.243 e. The molecule has 5 fully saturated rings. The van der Waals surface area contributed by atoms with E-state index in [2.05, 4.69) is 10.6 Å². The molecule has 1 saturated heterocycles. The number of hydrogen-bond donors (Lipinski definition) is 2. The Bertz CT molecular complexity index is 985. The van der Waals surface area contributed by atoms with Crippen molar-refractivity contribution in [3.63, 3.8) is 0 Å². The van der Waals surface area contributed by atoms with Gasteiger partial charge in [-0.05, 0) is 93.4 Å². The van der Waals surface area contributed by atoms with Crippen LogP contribution in [-0.4, -0.2) is 43.7 Å². The highest BCUT2D eigenvalue weighted by Crippen LogP contribution is 2.60. The Hall–Kier alpha value is -1.93. The number of carbonyl (C=O) groups is 2. The molecule has 180 valence electrons. The molecule has 33 heavy (non-hydrogen) atoms. The number of nitrogens with zero attached hydrogens (tertiary/aromatic N) is 1. The van der Waals surface area contributed by atoms with Crippen molar-refractivity contribution in [2.24, 2.45) is 23.2 Å². The van der Waals surface area contributed by atoms with Crippen LogP contribution >= 0.6 is 0 Å². The zero-order valence-electron chi connectivity index (χ0n) is 19.4. The molecular weight excluding hydrogens is 438 g/mol. The molecule has 4 bridgehead atoms. The monoisotopic (exact) mass is 473 g/mol. The van der Waals surface area contributed by atoms with Crippen molar-refractivity contribution >= 4 is 27.5 Å². The van der Waals surface area contributed by atoms with Crippen molar-refractivity contribution in [1.82, 2.24) is 9.62 Å². The molecule has 4 aliphatic carbocycles. The van der Waals surface area contributed by atoms with Gasteiger partial charge in [0.15, 0.2) is 0 Å². The fraction of sp³-hybridized carbons (Fsp3) is 0.680. The van der Waals surface area contributed by atoms with Crippen LogP contribution in [0.4, 0.5) is 5.69 Å². The van der Waals surface area contributed by atoms with Crippen LogP contribution in [0.2, 0.25) is 0 Å². The number of nitrogens with one attached hydrogen (secondary N) is 2. The van der Waals surface area contributed by atoms with Gasteiger partial charge in [-0.15, -0.1) is 0 Å². The number of carbonyl (C=O) groups excluding carboxylic acids is 2. The SMILES string of the molecule is CC(=O)Nc1ccc(S(=O)(=O)N2CCCCC2CNC(=O)C23CC4CC(CC(C4)C2)C3)cc1. The number of sulfonamides is 1. The molecule has 1 unspecified atom stereocenters. The predicted octanol–water partition coefficient (Wildman–Crippen LogP) is 3.52. The number of anilines is 1. The molecule has 2 amide bonds. The zero-order chi connectivity index (χ0) is 23.2. The molecule has 1 atom stereocenters. The molecule has 5 aliphatic rings. The van der Waals surface area contributed by atoms with Gasteiger partial charge in [0.05, 0.1) is 4.90 Å². The number of amides is 2. The highest BCUT2D eigenvalue weighted by molar-refractivity contribution is 7.89. The Morgan fingerprint density at radius 2 is 1.61 bits per heavy atom. The highest BCUT2D eigenvalue weighted by Gasteiger charge is 2.54.